The quantitative estimate of drug-likeness (QED) is 0.369. The van der Waals surface area contributed by atoms with E-state index in [9.17, 15) is 0 Å². The minimum Gasteiger partial charge on any atom is -0.475 e. The van der Waals surface area contributed by atoms with Gasteiger partial charge in [-0.25, -0.2) is 4.98 Å². The summed E-state index contributed by atoms with van der Waals surface area (Å²) in [7, 11) is 3.44. The fraction of sp³-hybridized carbons (Fsp3) is 0.667. The Kier molecular flexibility index (Phi) is 10.6. The third-order valence-electron chi connectivity index (χ3n) is 3.67. The number of nitrogens with zero attached hydrogens (tertiary/aromatic N) is 2. The first kappa shape index (κ1) is 20.2. The Hall–Kier alpha value is -1.82. The molecule has 1 rings (SSSR count). The number of ether oxygens (including phenoxy) is 2. The van der Waals surface area contributed by atoms with Crippen LogP contribution in [0.5, 0.6) is 5.88 Å². The van der Waals surface area contributed by atoms with E-state index in [1.807, 2.05) is 12.1 Å². The van der Waals surface area contributed by atoms with Crippen LogP contribution in [0.25, 0.3) is 0 Å². The van der Waals surface area contributed by atoms with Crippen LogP contribution < -0.4 is 15.4 Å². The lowest BCUT2D eigenvalue weighted by atomic mass is 10.1. The molecule has 0 aliphatic heterocycles. The third-order valence-corrected chi connectivity index (χ3v) is 3.67. The Bertz CT molecular complexity index is 480. The van der Waals surface area contributed by atoms with Gasteiger partial charge in [0.05, 0.1) is 6.61 Å². The van der Waals surface area contributed by atoms with Gasteiger partial charge in [0.2, 0.25) is 5.88 Å². The van der Waals surface area contributed by atoms with Gasteiger partial charge in [-0.1, -0.05) is 32.3 Å². The van der Waals surface area contributed by atoms with Crippen molar-refractivity contribution < 1.29 is 9.47 Å². The smallest absolute Gasteiger partial charge is 0.218 e. The summed E-state index contributed by atoms with van der Waals surface area (Å²) in [5.41, 5.74) is 0.996. The van der Waals surface area contributed by atoms with E-state index in [0.29, 0.717) is 31.7 Å². The molecule has 1 heterocycles. The highest BCUT2D eigenvalue weighted by molar-refractivity contribution is 5.79. The van der Waals surface area contributed by atoms with Crippen LogP contribution in [0, 0.1) is 0 Å². The van der Waals surface area contributed by atoms with Gasteiger partial charge < -0.3 is 20.1 Å². The van der Waals surface area contributed by atoms with Crippen LogP contribution in [0.1, 0.15) is 45.1 Å². The van der Waals surface area contributed by atoms with Gasteiger partial charge in [-0.05, 0) is 19.4 Å². The highest BCUT2D eigenvalue weighted by atomic mass is 16.5. The lowest BCUT2D eigenvalue weighted by Crippen LogP contribution is -2.41. The SMILES string of the molecule is CCCCCC(C)NC(=NC)NCc1cccnc1OCCOC. The molecule has 0 saturated heterocycles. The standard InChI is InChI=1S/C18H32N4O2/c1-5-6-7-9-15(2)22-18(19-3)21-14-16-10-8-11-20-17(16)24-13-12-23-4/h8,10-11,15H,5-7,9,12-14H2,1-4H3,(H2,19,21,22). The maximum absolute atomic E-state index is 5.65. The highest BCUT2D eigenvalue weighted by Crippen LogP contribution is 2.13. The Morgan fingerprint density at radius 2 is 2.17 bits per heavy atom. The number of aliphatic imine (C=N–C) groups is 1. The maximum Gasteiger partial charge on any atom is 0.218 e. The summed E-state index contributed by atoms with van der Waals surface area (Å²) in [6.45, 7) is 6.05. The first-order valence-electron chi connectivity index (χ1n) is 8.74. The van der Waals surface area contributed by atoms with Crippen molar-refractivity contribution in [1.29, 1.82) is 0 Å². The van der Waals surface area contributed by atoms with Crippen LogP contribution in [-0.2, 0) is 11.3 Å². The van der Waals surface area contributed by atoms with Gasteiger partial charge in [0.15, 0.2) is 5.96 Å². The van der Waals surface area contributed by atoms with Crippen molar-refractivity contribution in [3.63, 3.8) is 0 Å². The molecular weight excluding hydrogens is 304 g/mol. The van der Waals surface area contributed by atoms with Crippen LogP contribution in [0.15, 0.2) is 23.3 Å². The largest absolute Gasteiger partial charge is 0.475 e. The van der Waals surface area contributed by atoms with E-state index in [1.165, 1.54) is 19.3 Å². The van der Waals surface area contributed by atoms with E-state index < -0.39 is 0 Å². The van der Waals surface area contributed by atoms with Crippen molar-refractivity contribution in [1.82, 2.24) is 15.6 Å². The minimum atomic E-state index is 0.397. The fourth-order valence-electron chi connectivity index (χ4n) is 2.29. The van der Waals surface area contributed by atoms with E-state index in [2.05, 4.69) is 34.5 Å². The Labute approximate surface area is 146 Å². The number of rotatable bonds is 11. The van der Waals surface area contributed by atoms with Gasteiger partial charge in [-0.15, -0.1) is 0 Å². The molecule has 136 valence electrons. The summed E-state index contributed by atoms with van der Waals surface area (Å²) in [4.78, 5) is 8.58. The molecule has 6 nitrogen and oxygen atoms in total. The van der Waals surface area contributed by atoms with E-state index in [4.69, 9.17) is 9.47 Å². The van der Waals surface area contributed by atoms with Crippen LogP contribution >= 0.6 is 0 Å². The zero-order valence-corrected chi connectivity index (χ0v) is 15.5. The van der Waals surface area contributed by atoms with Crippen LogP contribution in [0.3, 0.4) is 0 Å². The summed E-state index contributed by atoms with van der Waals surface area (Å²) in [5.74, 6) is 1.43. The molecule has 0 bridgehead atoms. The number of hydrogen-bond acceptors (Lipinski definition) is 4. The second-order valence-corrected chi connectivity index (χ2v) is 5.78. The number of pyridine rings is 1. The minimum absolute atomic E-state index is 0.397. The molecule has 6 heteroatoms. The molecule has 0 radical (unpaired) electrons. The molecule has 2 N–H and O–H groups in total. The van der Waals surface area contributed by atoms with E-state index >= 15 is 0 Å². The van der Waals surface area contributed by atoms with Gasteiger partial charge in [0.1, 0.15) is 6.61 Å². The molecule has 0 saturated carbocycles. The molecule has 1 aromatic rings. The predicted octanol–water partition coefficient (Wildman–Crippen LogP) is 2.74. The summed E-state index contributed by atoms with van der Waals surface area (Å²) in [6.07, 6.45) is 6.63. The molecule has 24 heavy (non-hydrogen) atoms. The van der Waals surface area contributed by atoms with Crippen molar-refractivity contribution in [2.75, 3.05) is 27.4 Å². The summed E-state index contributed by atoms with van der Waals surface area (Å²) >= 11 is 0. The third kappa shape index (κ3) is 8.15. The van der Waals surface area contributed by atoms with Crippen molar-refractivity contribution in [3.05, 3.63) is 23.9 Å². The number of hydrogen-bond donors (Lipinski definition) is 2. The zero-order valence-electron chi connectivity index (χ0n) is 15.5. The zero-order chi connectivity index (χ0) is 17.6. The van der Waals surface area contributed by atoms with E-state index in [-0.39, 0.29) is 0 Å². The molecule has 0 spiro atoms. The fourth-order valence-corrected chi connectivity index (χ4v) is 2.29. The molecule has 1 aromatic heterocycles. The molecule has 0 aliphatic rings. The van der Waals surface area contributed by atoms with Crippen molar-refractivity contribution in [2.45, 2.75) is 52.1 Å². The molecule has 0 aliphatic carbocycles. The first-order valence-corrected chi connectivity index (χ1v) is 8.74. The summed E-state index contributed by atoms with van der Waals surface area (Å²) in [5, 5.41) is 6.75. The highest BCUT2D eigenvalue weighted by Gasteiger charge is 2.08. The van der Waals surface area contributed by atoms with E-state index in [1.54, 1.807) is 20.4 Å². The summed E-state index contributed by atoms with van der Waals surface area (Å²) in [6, 6.07) is 4.30. The van der Waals surface area contributed by atoms with E-state index in [0.717, 1.165) is 17.9 Å². The maximum atomic E-state index is 5.65. The molecule has 0 amide bonds. The normalized spacial score (nSPS) is 12.8. The summed E-state index contributed by atoms with van der Waals surface area (Å²) < 4.78 is 10.7. The second-order valence-electron chi connectivity index (χ2n) is 5.78. The lowest BCUT2D eigenvalue weighted by molar-refractivity contribution is 0.143. The average molecular weight is 336 g/mol. The molecular formula is C18H32N4O2. The van der Waals surface area contributed by atoms with Gasteiger partial charge in [0, 0.05) is 38.5 Å². The predicted molar refractivity (Wildman–Crippen MR) is 98.5 cm³/mol. The second kappa shape index (κ2) is 12.6. The molecule has 0 aromatic carbocycles. The number of nitrogens with one attached hydrogen (secondary N) is 2. The molecule has 0 fully saturated rings. The Balaban J connectivity index is 2.48. The van der Waals surface area contributed by atoms with Crippen LogP contribution in [0.4, 0.5) is 0 Å². The van der Waals surface area contributed by atoms with Crippen LogP contribution in [-0.4, -0.2) is 44.4 Å². The number of aromatic nitrogens is 1. The van der Waals surface area contributed by atoms with Gasteiger partial charge in [-0.3, -0.25) is 4.99 Å². The van der Waals surface area contributed by atoms with Crippen LogP contribution in [0.2, 0.25) is 0 Å². The number of guanidine groups is 1. The van der Waals surface area contributed by atoms with Crippen molar-refractivity contribution >= 4 is 5.96 Å². The Morgan fingerprint density at radius 1 is 1.33 bits per heavy atom. The molecule has 1 unspecified atom stereocenters. The van der Waals surface area contributed by atoms with Gasteiger partial charge in [-0.2, -0.15) is 0 Å². The van der Waals surface area contributed by atoms with Gasteiger partial charge >= 0.3 is 0 Å². The number of unbranched alkanes of at least 4 members (excludes halogenated alkanes) is 2. The lowest BCUT2D eigenvalue weighted by Gasteiger charge is -2.18. The first-order chi connectivity index (χ1) is 11.7. The van der Waals surface area contributed by atoms with Crippen molar-refractivity contribution in [3.8, 4) is 5.88 Å². The topological polar surface area (TPSA) is 67.8 Å². The Morgan fingerprint density at radius 3 is 2.88 bits per heavy atom. The number of methoxy groups -OCH3 is 1. The van der Waals surface area contributed by atoms with Crippen molar-refractivity contribution in [2.24, 2.45) is 4.99 Å². The molecule has 1 atom stereocenters. The average Bonchev–Trinajstić information content (AvgIpc) is 2.60. The monoisotopic (exact) mass is 336 g/mol. The van der Waals surface area contributed by atoms with Gasteiger partial charge in [0.25, 0.3) is 0 Å².